The highest BCUT2D eigenvalue weighted by molar-refractivity contribution is 7.80. The Morgan fingerprint density at radius 1 is 0.967 bits per heavy atom. The van der Waals surface area contributed by atoms with Crippen LogP contribution in [0, 0.1) is 0 Å². The molecule has 0 radical (unpaired) electrons. The predicted molar refractivity (Wildman–Crippen MR) is 112 cm³/mol. The van der Waals surface area contributed by atoms with Crippen molar-refractivity contribution in [3.05, 3.63) is 59.7 Å². The summed E-state index contributed by atoms with van der Waals surface area (Å²) in [7, 11) is 0. The maximum Gasteiger partial charge on any atom is 0.407 e. The molecule has 9 heteroatoms. The van der Waals surface area contributed by atoms with Crippen molar-refractivity contribution < 1.29 is 29.3 Å². The molecule has 1 aliphatic carbocycles. The Kier molecular flexibility index (Phi) is 6.96. The third-order valence-electron chi connectivity index (χ3n) is 4.93. The molecule has 0 aliphatic heterocycles. The maximum absolute atomic E-state index is 12.2. The Morgan fingerprint density at radius 2 is 1.53 bits per heavy atom. The molecule has 4 N–H and O–H groups in total. The largest absolute Gasteiger partial charge is 0.480 e. The molecule has 0 aromatic heterocycles. The van der Waals surface area contributed by atoms with Gasteiger partial charge in [-0.15, -0.1) is 0 Å². The van der Waals surface area contributed by atoms with E-state index in [-0.39, 0.29) is 18.3 Å². The number of ether oxygens (including phenoxy) is 1. The molecule has 158 valence electrons. The fourth-order valence-electron chi connectivity index (χ4n) is 3.43. The van der Waals surface area contributed by atoms with E-state index in [4.69, 9.17) is 9.84 Å². The van der Waals surface area contributed by atoms with Crippen LogP contribution in [-0.4, -0.2) is 59.2 Å². The lowest BCUT2D eigenvalue weighted by Crippen LogP contribution is -2.53. The van der Waals surface area contributed by atoms with Gasteiger partial charge in [-0.05, 0) is 22.3 Å². The van der Waals surface area contributed by atoms with Gasteiger partial charge in [0.25, 0.3) is 0 Å². The van der Waals surface area contributed by atoms with E-state index in [9.17, 15) is 19.5 Å². The summed E-state index contributed by atoms with van der Waals surface area (Å²) >= 11 is 3.86. The average molecular weight is 430 g/mol. The summed E-state index contributed by atoms with van der Waals surface area (Å²) in [4.78, 5) is 35.4. The summed E-state index contributed by atoms with van der Waals surface area (Å²) in [5, 5.41) is 22.9. The number of hydrogen-bond donors (Lipinski definition) is 5. The molecule has 2 atom stereocenters. The van der Waals surface area contributed by atoms with Crippen LogP contribution in [0.5, 0.6) is 0 Å². The summed E-state index contributed by atoms with van der Waals surface area (Å²) < 4.78 is 5.33. The first-order valence-electron chi connectivity index (χ1n) is 9.32. The number of amides is 2. The second-order valence-electron chi connectivity index (χ2n) is 6.79. The van der Waals surface area contributed by atoms with Crippen LogP contribution in [-0.2, 0) is 14.3 Å². The molecule has 30 heavy (non-hydrogen) atoms. The fourth-order valence-corrected chi connectivity index (χ4v) is 3.68. The normalized spacial score (nSPS) is 14.2. The van der Waals surface area contributed by atoms with Gasteiger partial charge in [-0.3, -0.25) is 4.79 Å². The third-order valence-corrected chi connectivity index (χ3v) is 5.30. The molecule has 1 aliphatic rings. The van der Waals surface area contributed by atoms with Crippen LogP contribution in [0.25, 0.3) is 11.1 Å². The number of aliphatic carboxylic acids is 1. The predicted octanol–water partition coefficient (Wildman–Crippen LogP) is 1.39. The van der Waals surface area contributed by atoms with Crippen molar-refractivity contribution in [3.8, 4) is 11.1 Å². The van der Waals surface area contributed by atoms with Gasteiger partial charge >= 0.3 is 12.1 Å². The van der Waals surface area contributed by atoms with Crippen LogP contribution in [0.4, 0.5) is 4.79 Å². The summed E-state index contributed by atoms with van der Waals surface area (Å²) in [5.74, 6) is -2.39. The zero-order chi connectivity index (χ0) is 21.7. The van der Waals surface area contributed by atoms with E-state index in [0.29, 0.717) is 0 Å². The van der Waals surface area contributed by atoms with Gasteiger partial charge in [-0.25, -0.2) is 9.59 Å². The minimum atomic E-state index is -1.35. The number of aliphatic hydroxyl groups excluding tert-OH is 1. The number of nitrogens with one attached hydrogen (secondary N) is 2. The highest BCUT2D eigenvalue weighted by atomic mass is 32.1. The number of hydrogen-bond acceptors (Lipinski definition) is 6. The lowest BCUT2D eigenvalue weighted by Gasteiger charge is -2.20. The molecule has 0 bridgehead atoms. The Hall–Kier alpha value is -3.04. The van der Waals surface area contributed by atoms with E-state index >= 15 is 0 Å². The lowest BCUT2D eigenvalue weighted by atomic mass is 9.98. The number of thiol groups is 1. The Bertz CT molecular complexity index is 905. The first-order chi connectivity index (χ1) is 14.5. The molecule has 2 aromatic rings. The number of rotatable bonds is 8. The first-order valence-corrected chi connectivity index (χ1v) is 9.96. The topological polar surface area (TPSA) is 125 Å². The minimum Gasteiger partial charge on any atom is -0.480 e. The van der Waals surface area contributed by atoms with Crippen molar-refractivity contribution in [2.75, 3.05) is 19.0 Å². The molecule has 0 heterocycles. The quantitative estimate of drug-likeness (QED) is 0.403. The number of alkyl carbamates (subject to hydrolysis) is 1. The Balaban J connectivity index is 1.63. The molecule has 0 unspecified atom stereocenters. The number of carboxylic acid groups (broad SMARTS) is 1. The van der Waals surface area contributed by atoms with Crippen molar-refractivity contribution in [1.82, 2.24) is 10.6 Å². The molecule has 3 rings (SSSR count). The Labute approximate surface area is 178 Å². The molecule has 8 nitrogen and oxygen atoms in total. The fraction of sp³-hybridized carbons (Fsp3) is 0.286. The number of carbonyl (C=O) groups excluding carboxylic acids is 2. The summed E-state index contributed by atoms with van der Waals surface area (Å²) in [6.07, 6.45) is -0.885. The third kappa shape index (κ3) is 4.58. The van der Waals surface area contributed by atoms with E-state index in [1.807, 2.05) is 48.5 Å². The lowest BCUT2D eigenvalue weighted by molar-refractivity contribution is -0.141. The van der Waals surface area contributed by atoms with Crippen molar-refractivity contribution in [1.29, 1.82) is 0 Å². The van der Waals surface area contributed by atoms with Crippen LogP contribution in [0.15, 0.2) is 48.5 Å². The van der Waals surface area contributed by atoms with Gasteiger partial charge in [-0.2, -0.15) is 12.6 Å². The number of aliphatic hydroxyl groups is 1. The average Bonchev–Trinajstić information content (AvgIpc) is 3.07. The smallest absolute Gasteiger partial charge is 0.407 e. The molecule has 0 fully saturated rings. The zero-order valence-corrected chi connectivity index (χ0v) is 16.8. The number of carbonyl (C=O) groups is 3. The SMILES string of the molecule is O=C(N[C@@H](CO)C(=O)N[C@@H](CS)C(=O)O)OCC1c2ccccc2-c2ccccc21. The van der Waals surface area contributed by atoms with E-state index in [1.54, 1.807) is 0 Å². The molecule has 0 saturated heterocycles. The molecule has 2 amide bonds. The van der Waals surface area contributed by atoms with Gasteiger partial charge in [0.2, 0.25) is 5.91 Å². The van der Waals surface area contributed by atoms with Gasteiger partial charge in [0.15, 0.2) is 0 Å². The van der Waals surface area contributed by atoms with Gasteiger partial charge in [0.1, 0.15) is 18.7 Å². The zero-order valence-electron chi connectivity index (χ0n) is 15.9. The van der Waals surface area contributed by atoms with Gasteiger partial charge in [-0.1, -0.05) is 48.5 Å². The van der Waals surface area contributed by atoms with E-state index in [1.165, 1.54) is 0 Å². The minimum absolute atomic E-state index is 0.0496. The van der Waals surface area contributed by atoms with Crippen molar-refractivity contribution in [2.24, 2.45) is 0 Å². The van der Waals surface area contributed by atoms with Crippen LogP contribution < -0.4 is 10.6 Å². The van der Waals surface area contributed by atoms with Crippen molar-refractivity contribution >= 4 is 30.6 Å². The molecule has 2 aromatic carbocycles. The highest BCUT2D eigenvalue weighted by Gasteiger charge is 2.30. The van der Waals surface area contributed by atoms with Crippen LogP contribution >= 0.6 is 12.6 Å². The van der Waals surface area contributed by atoms with Gasteiger partial charge < -0.3 is 25.6 Å². The second-order valence-corrected chi connectivity index (χ2v) is 7.15. The van der Waals surface area contributed by atoms with Crippen molar-refractivity contribution in [3.63, 3.8) is 0 Å². The van der Waals surface area contributed by atoms with Crippen molar-refractivity contribution in [2.45, 2.75) is 18.0 Å². The summed E-state index contributed by atoms with van der Waals surface area (Å²) in [6.45, 7) is -0.664. The molecule has 0 spiro atoms. The van der Waals surface area contributed by atoms with Crippen LogP contribution in [0.2, 0.25) is 0 Å². The van der Waals surface area contributed by atoms with Crippen LogP contribution in [0.1, 0.15) is 17.0 Å². The van der Waals surface area contributed by atoms with Gasteiger partial charge in [0.05, 0.1) is 6.61 Å². The molecule has 0 saturated carbocycles. The number of carboxylic acids is 1. The second kappa shape index (κ2) is 9.64. The number of benzene rings is 2. The molecular weight excluding hydrogens is 408 g/mol. The van der Waals surface area contributed by atoms with Gasteiger partial charge in [0, 0.05) is 11.7 Å². The maximum atomic E-state index is 12.2. The first kappa shape index (κ1) is 21.7. The summed E-state index contributed by atoms with van der Waals surface area (Å²) in [6, 6.07) is 13.2. The molecular formula is C21H22N2O6S. The number of fused-ring (bicyclic) bond motifs is 3. The highest BCUT2D eigenvalue weighted by Crippen LogP contribution is 2.44. The van der Waals surface area contributed by atoms with E-state index in [0.717, 1.165) is 22.3 Å². The Morgan fingerprint density at radius 3 is 2.03 bits per heavy atom. The van der Waals surface area contributed by atoms with E-state index < -0.39 is 36.7 Å². The van der Waals surface area contributed by atoms with E-state index in [2.05, 4.69) is 23.3 Å². The summed E-state index contributed by atoms with van der Waals surface area (Å²) in [5.41, 5.74) is 4.25. The monoisotopic (exact) mass is 430 g/mol. The standard InChI is InChI=1S/C21H22N2O6S/c24-9-17(19(25)22-18(11-30)20(26)27)23-21(28)29-10-16-14-7-3-1-5-12(14)13-6-2-4-8-15(13)16/h1-8,16-18,24,30H,9-11H2,(H,22,25)(H,23,28)(H,26,27)/t17-,18-/m0/s1. The van der Waals surface area contributed by atoms with Crippen LogP contribution in [0.3, 0.4) is 0 Å².